The maximum absolute atomic E-state index is 11.2. The highest BCUT2D eigenvalue weighted by Crippen LogP contribution is 2.37. The number of benzene rings is 1. The number of hydrogen-bond donors (Lipinski definition) is 0. The molecule has 1 saturated heterocycles. The summed E-state index contributed by atoms with van der Waals surface area (Å²) in [5, 5.41) is 11.2. The molecule has 0 saturated carbocycles. The van der Waals surface area contributed by atoms with Crippen LogP contribution in [0.15, 0.2) is 12.1 Å². The van der Waals surface area contributed by atoms with Gasteiger partial charge in [0.15, 0.2) is 5.75 Å². The van der Waals surface area contributed by atoms with Gasteiger partial charge in [0.1, 0.15) is 12.9 Å². The lowest BCUT2D eigenvalue weighted by molar-refractivity contribution is -0.386. The van der Waals surface area contributed by atoms with Gasteiger partial charge in [-0.2, -0.15) is 0 Å². The number of nitro benzene ring substituents is 1. The molecule has 1 fully saturated rings. The zero-order valence-corrected chi connectivity index (χ0v) is 12.6. The molecule has 22 heavy (non-hydrogen) atoms. The molecule has 1 aliphatic rings. The van der Waals surface area contributed by atoms with Crippen LogP contribution in [0.5, 0.6) is 11.5 Å². The largest absolute Gasteiger partial charge is 0.493 e. The Morgan fingerprint density at radius 1 is 1.32 bits per heavy atom. The SMILES string of the molecule is COc1cc(C=O)cc([N+](=O)[O-])c1OCCN1CCCCC1. The molecular weight excluding hydrogens is 288 g/mol. The number of nitro groups is 1. The Kier molecular flexibility index (Phi) is 5.71. The fourth-order valence-electron chi connectivity index (χ4n) is 2.57. The molecule has 0 aliphatic carbocycles. The molecule has 0 N–H and O–H groups in total. The lowest BCUT2D eigenvalue weighted by atomic mass is 10.1. The summed E-state index contributed by atoms with van der Waals surface area (Å²) in [4.78, 5) is 23.7. The van der Waals surface area contributed by atoms with Crippen molar-refractivity contribution in [2.45, 2.75) is 19.3 Å². The van der Waals surface area contributed by atoms with E-state index in [0.717, 1.165) is 19.6 Å². The molecule has 0 aromatic heterocycles. The Morgan fingerprint density at radius 2 is 2.05 bits per heavy atom. The lowest BCUT2D eigenvalue weighted by Gasteiger charge is -2.26. The first-order valence-electron chi connectivity index (χ1n) is 7.32. The minimum Gasteiger partial charge on any atom is -0.493 e. The van der Waals surface area contributed by atoms with E-state index in [1.54, 1.807) is 0 Å². The number of ether oxygens (including phenoxy) is 2. The monoisotopic (exact) mass is 308 g/mol. The zero-order valence-electron chi connectivity index (χ0n) is 12.6. The predicted molar refractivity (Wildman–Crippen MR) is 80.8 cm³/mol. The Labute approximate surface area is 129 Å². The van der Waals surface area contributed by atoms with Crippen LogP contribution < -0.4 is 9.47 Å². The summed E-state index contributed by atoms with van der Waals surface area (Å²) in [5.41, 5.74) is -0.0629. The Hall–Kier alpha value is -2.15. The van der Waals surface area contributed by atoms with Gasteiger partial charge in [-0.15, -0.1) is 0 Å². The summed E-state index contributed by atoms with van der Waals surface area (Å²) in [6, 6.07) is 2.64. The molecule has 1 aromatic rings. The zero-order chi connectivity index (χ0) is 15.9. The molecule has 0 amide bonds. The summed E-state index contributed by atoms with van der Waals surface area (Å²) in [6.45, 7) is 3.13. The lowest BCUT2D eigenvalue weighted by Crippen LogP contribution is -2.33. The second-order valence-corrected chi connectivity index (χ2v) is 5.20. The van der Waals surface area contributed by atoms with Crippen molar-refractivity contribution < 1.29 is 19.2 Å². The number of hydrogen-bond acceptors (Lipinski definition) is 6. The molecule has 7 heteroatoms. The van der Waals surface area contributed by atoms with Gasteiger partial charge in [0.05, 0.1) is 12.0 Å². The van der Waals surface area contributed by atoms with Crippen LogP contribution in [-0.2, 0) is 0 Å². The Bertz CT molecular complexity index is 541. The standard InChI is InChI=1S/C15H20N2O5/c1-21-14-10-12(11-18)9-13(17(19)20)15(14)22-8-7-16-5-3-2-4-6-16/h9-11H,2-8H2,1H3. The van der Waals surface area contributed by atoms with Gasteiger partial charge in [0, 0.05) is 18.2 Å². The molecule has 0 radical (unpaired) electrons. The first-order chi connectivity index (χ1) is 10.7. The van der Waals surface area contributed by atoms with E-state index in [2.05, 4.69) is 4.90 Å². The summed E-state index contributed by atoms with van der Waals surface area (Å²) in [5.74, 6) is 0.282. The number of rotatable bonds is 7. The van der Waals surface area contributed by atoms with Crippen LogP contribution in [0, 0.1) is 10.1 Å². The second kappa shape index (κ2) is 7.74. The third-order valence-corrected chi connectivity index (χ3v) is 3.71. The van der Waals surface area contributed by atoms with E-state index >= 15 is 0 Å². The van der Waals surface area contributed by atoms with Crippen molar-refractivity contribution in [3.8, 4) is 11.5 Å². The van der Waals surface area contributed by atoms with E-state index in [4.69, 9.17) is 9.47 Å². The summed E-state index contributed by atoms with van der Waals surface area (Å²) >= 11 is 0. The molecule has 0 atom stereocenters. The highest BCUT2D eigenvalue weighted by molar-refractivity contribution is 5.79. The van der Waals surface area contributed by atoms with Gasteiger partial charge in [0.2, 0.25) is 5.75 Å². The third kappa shape index (κ3) is 3.94. The van der Waals surface area contributed by atoms with E-state index < -0.39 is 4.92 Å². The Morgan fingerprint density at radius 3 is 2.64 bits per heavy atom. The Balaban J connectivity index is 2.10. The van der Waals surface area contributed by atoms with E-state index in [1.807, 2.05) is 0 Å². The van der Waals surface area contributed by atoms with Crippen LogP contribution in [0.3, 0.4) is 0 Å². The first kappa shape index (κ1) is 16.2. The molecule has 1 aliphatic heterocycles. The maximum atomic E-state index is 11.2. The summed E-state index contributed by atoms with van der Waals surface area (Å²) in [7, 11) is 1.39. The fourth-order valence-corrected chi connectivity index (χ4v) is 2.57. The van der Waals surface area contributed by atoms with Gasteiger partial charge in [-0.3, -0.25) is 19.8 Å². The predicted octanol–water partition coefficient (Wildman–Crippen LogP) is 2.28. The molecule has 0 bridgehead atoms. The summed E-state index contributed by atoms with van der Waals surface area (Å²) < 4.78 is 10.7. The van der Waals surface area contributed by atoms with Crippen LogP contribution in [0.4, 0.5) is 5.69 Å². The number of nitrogens with zero attached hydrogens (tertiary/aromatic N) is 2. The van der Waals surface area contributed by atoms with Crippen molar-refractivity contribution >= 4 is 12.0 Å². The van der Waals surface area contributed by atoms with Gasteiger partial charge in [-0.05, 0) is 32.0 Å². The highest BCUT2D eigenvalue weighted by atomic mass is 16.6. The van der Waals surface area contributed by atoms with Gasteiger partial charge in [-0.1, -0.05) is 6.42 Å². The number of carbonyl (C=O) groups excluding carboxylic acids is 1. The number of piperidine rings is 1. The number of likely N-dealkylation sites (tertiary alicyclic amines) is 1. The molecule has 1 aromatic carbocycles. The van der Waals surface area contributed by atoms with Crippen LogP contribution >= 0.6 is 0 Å². The van der Waals surface area contributed by atoms with E-state index in [9.17, 15) is 14.9 Å². The van der Waals surface area contributed by atoms with Gasteiger partial charge in [0.25, 0.3) is 0 Å². The van der Waals surface area contributed by atoms with Crippen molar-refractivity contribution in [3.63, 3.8) is 0 Å². The van der Waals surface area contributed by atoms with E-state index in [-0.39, 0.29) is 22.7 Å². The normalized spacial score (nSPS) is 15.3. The van der Waals surface area contributed by atoms with Crippen LogP contribution in [0.1, 0.15) is 29.6 Å². The van der Waals surface area contributed by atoms with E-state index in [0.29, 0.717) is 12.9 Å². The number of aldehydes is 1. The van der Waals surface area contributed by atoms with Crippen LogP contribution in [0.2, 0.25) is 0 Å². The third-order valence-electron chi connectivity index (χ3n) is 3.71. The molecule has 0 spiro atoms. The minimum absolute atomic E-state index is 0.0788. The molecule has 0 unspecified atom stereocenters. The van der Waals surface area contributed by atoms with Gasteiger partial charge < -0.3 is 9.47 Å². The average Bonchev–Trinajstić information content (AvgIpc) is 2.55. The number of methoxy groups -OCH3 is 1. The van der Waals surface area contributed by atoms with Gasteiger partial charge >= 0.3 is 5.69 Å². The van der Waals surface area contributed by atoms with Gasteiger partial charge in [-0.25, -0.2) is 0 Å². The fraction of sp³-hybridized carbons (Fsp3) is 0.533. The summed E-state index contributed by atoms with van der Waals surface area (Å²) in [6.07, 6.45) is 4.16. The smallest absolute Gasteiger partial charge is 0.315 e. The van der Waals surface area contributed by atoms with Crippen LogP contribution in [0.25, 0.3) is 0 Å². The minimum atomic E-state index is -0.564. The highest BCUT2D eigenvalue weighted by Gasteiger charge is 2.22. The van der Waals surface area contributed by atoms with Crippen molar-refractivity contribution in [2.24, 2.45) is 0 Å². The van der Waals surface area contributed by atoms with E-state index in [1.165, 1.54) is 38.5 Å². The van der Waals surface area contributed by atoms with Crippen molar-refractivity contribution in [1.29, 1.82) is 0 Å². The first-order valence-corrected chi connectivity index (χ1v) is 7.32. The second-order valence-electron chi connectivity index (χ2n) is 5.20. The van der Waals surface area contributed by atoms with Crippen molar-refractivity contribution in [2.75, 3.05) is 33.4 Å². The topological polar surface area (TPSA) is 81.9 Å². The van der Waals surface area contributed by atoms with Crippen LogP contribution in [-0.4, -0.2) is 49.5 Å². The molecule has 1 heterocycles. The maximum Gasteiger partial charge on any atom is 0.315 e. The molecule has 120 valence electrons. The van der Waals surface area contributed by atoms with Crippen molar-refractivity contribution in [1.82, 2.24) is 4.90 Å². The quantitative estimate of drug-likeness (QED) is 0.436. The molecule has 2 rings (SSSR count). The van der Waals surface area contributed by atoms with Crippen molar-refractivity contribution in [3.05, 3.63) is 27.8 Å². The average molecular weight is 308 g/mol. The number of carbonyl (C=O) groups is 1. The molecular formula is C15H20N2O5. The molecule has 7 nitrogen and oxygen atoms in total.